The Morgan fingerprint density at radius 1 is 1.27 bits per heavy atom. The molecule has 0 bridgehead atoms. The van der Waals surface area contributed by atoms with Crippen molar-refractivity contribution in [3.8, 4) is 0 Å². The average Bonchev–Trinajstić information content (AvgIpc) is 3.17. The number of carbonyl (C=O) groups excluding carboxylic acids is 1. The Kier molecular flexibility index (Phi) is 7.00. The highest BCUT2D eigenvalue weighted by Crippen LogP contribution is 2.45. The Morgan fingerprint density at radius 3 is 2.69 bits per heavy atom. The van der Waals surface area contributed by atoms with E-state index in [-0.39, 0.29) is 23.8 Å². The zero-order valence-corrected chi connectivity index (χ0v) is 16.7. The van der Waals surface area contributed by atoms with Gasteiger partial charge >= 0.3 is 0 Å². The number of aliphatic hydroxyl groups excluding tert-OH is 1. The van der Waals surface area contributed by atoms with E-state index < -0.39 is 0 Å². The first-order valence-corrected chi connectivity index (χ1v) is 11.1. The lowest BCUT2D eigenvalue weighted by molar-refractivity contribution is -0.135. The SMILES string of the molecule is CSCC(=O)N1CCC2(CCN(CCCn3cccn3)CC2)[C@@H](CO)C1. The second-order valence-corrected chi connectivity index (χ2v) is 8.59. The van der Waals surface area contributed by atoms with Gasteiger partial charge in [0, 0.05) is 44.6 Å². The van der Waals surface area contributed by atoms with Crippen LogP contribution in [0.2, 0.25) is 0 Å². The van der Waals surface area contributed by atoms with Crippen molar-refractivity contribution >= 4 is 17.7 Å². The minimum Gasteiger partial charge on any atom is -0.396 e. The summed E-state index contributed by atoms with van der Waals surface area (Å²) in [7, 11) is 0. The van der Waals surface area contributed by atoms with Gasteiger partial charge < -0.3 is 14.9 Å². The normalized spacial score (nSPS) is 23.5. The topological polar surface area (TPSA) is 61.6 Å². The molecule has 0 saturated carbocycles. The number of piperidine rings is 2. The van der Waals surface area contributed by atoms with Crippen molar-refractivity contribution in [1.82, 2.24) is 19.6 Å². The predicted molar refractivity (Wildman–Crippen MR) is 105 cm³/mol. The zero-order valence-electron chi connectivity index (χ0n) is 15.8. The fourth-order valence-electron chi connectivity index (χ4n) is 4.57. The van der Waals surface area contributed by atoms with Crippen LogP contribution in [0.25, 0.3) is 0 Å². The number of thioether (sulfide) groups is 1. The van der Waals surface area contributed by atoms with E-state index in [9.17, 15) is 9.90 Å². The first kappa shape index (κ1) is 19.7. The lowest BCUT2D eigenvalue weighted by Crippen LogP contribution is -2.55. The lowest BCUT2D eigenvalue weighted by atomic mass is 9.64. The van der Waals surface area contributed by atoms with Gasteiger partial charge in [0.25, 0.3) is 0 Å². The lowest BCUT2D eigenvalue weighted by Gasteiger charge is -2.51. The Morgan fingerprint density at radius 2 is 2.04 bits per heavy atom. The summed E-state index contributed by atoms with van der Waals surface area (Å²) < 4.78 is 1.99. The van der Waals surface area contributed by atoms with E-state index in [4.69, 9.17) is 0 Å². The molecule has 1 spiro atoms. The van der Waals surface area contributed by atoms with Crippen LogP contribution in [0.4, 0.5) is 0 Å². The molecule has 1 aromatic heterocycles. The first-order chi connectivity index (χ1) is 12.7. The molecule has 3 rings (SSSR count). The molecule has 3 heterocycles. The van der Waals surface area contributed by atoms with Crippen molar-refractivity contribution in [3.05, 3.63) is 18.5 Å². The van der Waals surface area contributed by atoms with E-state index in [1.807, 2.05) is 34.3 Å². The predicted octanol–water partition coefficient (Wildman–Crippen LogP) is 1.56. The summed E-state index contributed by atoms with van der Waals surface area (Å²) in [5.41, 5.74) is 0.226. The van der Waals surface area contributed by atoms with Crippen molar-refractivity contribution in [2.24, 2.45) is 11.3 Å². The Balaban J connectivity index is 1.47. The van der Waals surface area contributed by atoms with Crippen LogP contribution in [0.3, 0.4) is 0 Å². The largest absolute Gasteiger partial charge is 0.396 e. The molecule has 2 fully saturated rings. The number of carbonyl (C=O) groups is 1. The Hall–Kier alpha value is -1.05. The highest BCUT2D eigenvalue weighted by atomic mass is 32.2. The monoisotopic (exact) mass is 380 g/mol. The highest BCUT2D eigenvalue weighted by Gasteiger charge is 2.45. The molecule has 0 radical (unpaired) electrons. The molecule has 6 nitrogen and oxygen atoms in total. The molecule has 1 atom stereocenters. The average molecular weight is 381 g/mol. The van der Waals surface area contributed by atoms with E-state index in [1.54, 1.807) is 11.8 Å². The van der Waals surface area contributed by atoms with Crippen molar-refractivity contribution in [1.29, 1.82) is 0 Å². The van der Waals surface area contributed by atoms with Gasteiger partial charge in [0.2, 0.25) is 5.91 Å². The molecule has 2 aliphatic heterocycles. The molecule has 26 heavy (non-hydrogen) atoms. The van der Waals surface area contributed by atoms with Crippen LogP contribution in [0, 0.1) is 11.3 Å². The zero-order chi connectivity index (χ0) is 18.4. The van der Waals surface area contributed by atoms with Crippen LogP contribution in [0.15, 0.2) is 18.5 Å². The molecular formula is C19H32N4O2S. The number of nitrogens with zero attached hydrogens (tertiary/aromatic N) is 4. The van der Waals surface area contributed by atoms with Gasteiger partial charge in [-0.15, -0.1) is 0 Å². The maximum atomic E-state index is 12.2. The molecule has 2 saturated heterocycles. The van der Waals surface area contributed by atoms with Crippen LogP contribution < -0.4 is 0 Å². The Labute approximate surface area is 160 Å². The molecule has 0 unspecified atom stereocenters. The number of aromatic nitrogens is 2. The molecule has 146 valence electrons. The summed E-state index contributed by atoms with van der Waals surface area (Å²) in [5, 5.41) is 14.2. The maximum absolute atomic E-state index is 12.2. The number of hydrogen-bond donors (Lipinski definition) is 1. The number of hydrogen-bond acceptors (Lipinski definition) is 5. The van der Waals surface area contributed by atoms with Gasteiger partial charge in [0.1, 0.15) is 0 Å². The van der Waals surface area contributed by atoms with Gasteiger partial charge in [-0.1, -0.05) is 0 Å². The third-order valence-corrected chi connectivity index (χ3v) is 6.84. The second-order valence-electron chi connectivity index (χ2n) is 7.73. The Bertz CT molecular complexity index is 558. The van der Waals surface area contributed by atoms with Crippen LogP contribution in [0.1, 0.15) is 25.7 Å². The first-order valence-electron chi connectivity index (χ1n) is 9.74. The van der Waals surface area contributed by atoms with E-state index in [0.29, 0.717) is 5.75 Å². The fourth-order valence-corrected chi connectivity index (χ4v) is 5.00. The molecule has 1 N–H and O–H groups in total. The van der Waals surface area contributed by atoms with Crippen LogP contribution in [0.5, 0.6) is 0 Å². The number of aryl methyl sites for hydroxylation is 1. The number of amides is 1. The summed E-state index contributed by atoms with van der Waals surface area (Å²) in [6.07, 6.45) is 10.3. The van der Waals surface area contributed by atoms with Crippen molar-refractivity contribution in [3.63, 3.8) is 0 Å². The fraction of sp³-hybridized carbons (Fsp3) is 0.789. The van der Waals surface area contributed by atoms with Gasteiger partial charge in [-0.05, 0) is 63.1 Å². The molecule has 0 aromatic carbocycles. The standard InChI is InChI=1S/C19H32N4O2S/c1-26-16-18(25)22-13-6-19(17(14-22)15-24)4-11-21(12-5-19)8-3-10-23-9-2-7-20-23/h2,7,9,17,24H,3-6,8,10-16H2,1H3/t17-/m1/s1. The summed E-state index contributed by atoms with van der Waals surface area (Å²) in [5.74, 6) is 1.00. The molecule has 2 aliphatic rings. The van der Waals surface area contributed by atoms with Crippen molar-refractivity contribution in [2.75, 3.05) is 51.3 Å². The van der Waals surface area contributed by atoms with Gasteiger partial charge in [-0.3, -0.25) is 9.48 Å². The van der Waals surface area contributed by atoms with E-state index in [1.165, 1.54) is 0 Å². The van der Waals surface area contributed by atoms with Gasteiger partial charge in [0.15, 0.2) is 0 Å². The molecule has 1 aromatic rings. The number of rotatable bonds is 7. The van der Waals surface area contributed by atoms with Crippen molar-refractivity contribution < 1.29 is 9.90 Å². The highest BCUT2D eigenvalue weighted by molar-refractivity contribution is 7.99. The van der Waals surface area contributed by atoms with Gasteiger partial charge in [-0.25, -0.2) is 0 Å². The van der Waals surface area contributed by atoms with Crippen LogP contribution >= 0.6 is 11.8 Å². The third-order valence-electron chi connectivity index (χ3n) is 6.30. The van der Waals surface area contributed by atoms with E-state index in [0.717, 1.165) is 65.0 Å². The minimum atomic E-state index is 0.197. The van der Waals surface area contributed by atoms with Crippen LogP contribution in [-0.4, -0.2) is 81.9 Å². The molecule has 1 amide bonds. The smallest absolute Gasteiger partial charge is 0.232 e. The summed E-state index contributed by atoms with van der Waals surface area (Å²) >= 11 is 1.58. The van der Waals surface area contributed by atoms with Crippen molar-refractivity contribution in [2.45, 2.75) is 32.2 Å². The number of aliphatic hydroxyl groups is 1. The van der Waals surface area contributed by atoms with E-state index >= 15 is 0 Å². The summed E-state index contributed by atoms with van der Waals surface area (Å²) in [6.45, 7) is 6.08. The molecular weight excluding hydrogens is 348 g/mol. The quantitative estimate of drug-likeness (QED) is 0.778. The molecule has 0 aliphatic carbocycles. The molecule has 7 heteroatoms. The van der Waals surface area contributed by atoms with E-state index in [2.05, 4.69) is 10.00 Å². The third kappa shape index (κ3) is 4.61. The second kappa shape index (κ2) is 9.24. The van der Waals surface area contributed by atoms with Gasteiger partial charge in [-0.2, -0.15) is 16.9 Å². The summed E-state index contributed by atoms with van der Waals surface area (Å²) in [6, 6.07) is 1.97. The number of likely N-dealkylation sites (tertiary alicyclic amines) is 2. The minimum absolute atomic E-state index is 0.197. The van der Waals surface area contributed by atoms with Crippen LogP contribution in [-0.2, 0) is 11.3 Å². The summed E-state index contributed by atoms with van der Waals surface area (Å²) in [4.78, 5) is 16.7. The van der Waals surface area contributed by atoms with Gasteiger partial charge in [0.05, 0.1) is 5.75 Å². The maximum Gasteiger partial charge on any atom is 0.232 e.